The van der Waals surface area contributed by atoms with Crippen LogP contribution in [-0.4, -0.2) is 30.5 Å². The van der Waals surface area contributed by atoms with Crippen molar-refractivity contribution in [2.75, 3.05) is 18.5 Å². The SMILES string of the molecule is OC1=CC=CC([C@@H]2Nc3ccc(Cl)cc3[C@H]3OCCO[C@H]32)C1. The van der Waals surface area contributed by atoms with Gasteiger partial charge in [-0.1, -0.05) is 23.8 Å². The molecule has 4 atom stereocenters. The van der Waals surface area contributed by atoms with Crippen LogP contribution in [0.25, 0.3) is 0 Å². The van der Waals surface area contributed by atoms with E-state index in [-0.39, 0.29) is 24.2 Å². The number of anilines is 1. The molecule has 1 unspecified atom stereocenters. The molecular weight excluding hydrogens is 302 g/mol. The van der Waals surface area contributed by atoms with Gasteiger partial charge in [0.15, 0.2) is 0 Å². The Morgan fingerprint density at radius 2 is 2.09 bits per heavy atom. The summed E-state index contributed by atoms with van der Waals surface area (Å²) in [6.07, 6.45) is 6.18. The van der Waals surface area contributed by atoms with E-state index in [0.717, 1.165) is 11.3 Å². The number of benzene rings is 1. The van der Waals surface area contributed by atoms with Crippen molar-refractivity contribution in [1.29, 1.82) is 0 Å². The first-order chi connectivity index (χ1) is 10.7. The molecule has 1 aliphatic carbocycles. The number of hydrogen-bond acceptors (Lipinski definition) is 4. The Balaban J connectivity index is 1.70. The van der Waals surface area contributed by atoms with Crippen molar-refractivity contribution >= 4 is 17.3 Å². The van der Waals surface area contributed by atoms with Crippen LogP contribution in [0.1, 0.15) is 18.1 Å². The smallest absolute Gasteiger partial charge is 0.113 e. The third kappa shape index (κ3) is 2.41. The molecule has 4 rings (SSSR count). The van der Waals surface area contributed by atoms with Crippen molar-refractivity contribution in [1.82, 2.24) is 0 Å². The molecule has 1 saturated heterocycles. The summed E-state index contributed by atoms with van der Waals surface area (Å²) in [4.78, 5) is 0. The number of aliphatic hydroxyl groups excluding tert-OH is 1. The van der Waals surface area contributed by atoms with Crippen molar-refractivity contribution in [2.45, 2.75) is 24.7 Å². The summed E-state index contributed by atoms with van der Waals surface area (Å²) in [5.74, 6) is 0.576. The molecule has 1 fully saturated rings. The van der Waals surface area contributed by atoms with Crippen LogP contribution < -0.4 is 5.32 Å². The van der Waals surface area contributed by atoms with Crippen LogP contribution in [0, 0.1) is 5.92 Å². The summed E-state index contributed by atoms with van der Waals surface area (Å²) in [7, 11) is 0. The largest absolute Gasteiger partial charge is 0.512 e. The molecule has 1 aromatic carbocycles. The second kappa shape index (κ2) is 5.61. The Kier molecular flexibility index (Phi) is 3.60. The molecule has 2 heterocycles. The number of nitrogens with one attached hydrogen (secondary N) is 1. The molecule has 0 spiro atoms. The van der Waals surface area contributed by atoms with Crippen LogP contribution in [0.15, 0.2) is 42.2 Å². The number of halogens is 1. The molecule has 2 N–H and O–H groups in total. The monoisotopic (exact) mass is 319 g/mol. The van der Waals surface area contributed by atoms with Gasteiger partial charge in [-0.25, -0.2) is 0 Å². The molecule has 2 aliphatic heterocycles. The van der Waals surface area contributed by atoms with Gasteiger partial charge < -0.3 is 19.9 Å². The van der Waals surface area contributed by atoms with Gasteiger partial charge in [0, 0.05) is 28.6 Å². The fourth-order valence-corrected chi connectivity index (χ4v) is 3.73. The number of allylic oxidation sites excluding steroid dienone is 3. The van der Waals surface area contributed by atoms with E-state index in [9.17, 15) is 5.11 Å². The lowest BCUT2D eigenvalue weighted by atomic mass is 9.81. The third-order valence-electron chi connectivity index (χ3n) is 4.54. The zero-order valence-electron chi connectivity index (χ0n) is 12.0. The van der Waals surface area contributed by atoms with Crippen LogP contribution in [0.2, 0.25) is 5.02 Å². The fraction of sp³-hybridized carbons (Fsp3) is 0.412. The van der Waals surface area contributed by atoms with E-state index < -0.39 is 0 Å². The topological polar surface area (TPSA) is 50.7 Å². The normalized spacial score (nSPS) is 33.4. The average molecular weight is 320 g/mol. The van der Waals surface area contributed by atoms with E-state index >= 15 is 0 Å². The Hall–Kier alpha value is -1.49. The summed E-state index contributed by atoms with van der Waals surface area (Å²) in [5.41, 5.74) is 2.08. The van der Waals surface area contributed by atoms with Gasteiger partial charge in [-0.3, -0.25) is 0 Å². The molecule has 22 heavy (non-hydrogen) atoms. The fourth-order valence-electron chi connectivity index (χ4n) is 3.55. The standard InChI is InChI=1S/C17H18ClNO3/c18-11-4-5-14-13(9-11)16-17(22-7-6-21-16)15(19-14)10-2-1-3-12(20)8-10/h1-5,9-10,15-17,19-20H,6-8H2/t10?,15-,16+,17-/m0/s1. The molecule has 5 heteroatoms. The highest BCUT2D eigenvalue weighted by Gasteiger charge is 2.43. The van der Waals surface area contributed by atoms with Gasteiger partial charge in [0.2, 0.25) is 0 Å². The van der Waals surface area contributed by atoms with Crippen LogP contribution in [0.5, 0.6) is 0 Å². The van der Waals surface area contributed by atoms with Crippen LogP contribution >= 0.6 is 11.6 Å². The molecule has 4 nitrogen and oxygen atoms in total. The third-order valence-corrected chi connectivity index (χ3v) is 4.77. The molecule has 0 radical (unpaired) electrons. The average Bonchev–Trinajstić information content (AvgIpc) is 2.54. The van der Waals surface area contributed by atoms with Crippen LogP contribution in [0.4, 0.5) is 5.69 Å². The summed E-state index contributed by atoms with van der Waals surface area (Å²) >= 11 is 6.14. The van der Waals surface area contributed by atoms with E-state index in [1.807, 2.05) is 24.3 Å². The highest BCUT2D eigenvalue weighted by Crippen LogP contribution is 2.43. The van der Waals surface area contributed by atoms with E-state index in [1.54, 1.807) is 6.08 Å². The molecule has 0 bridgehead atoms. The molecule has 0 amide bonds. The number of hydrogen-bond donors (Lipinski definition) is 2. The van der Waals surface area contributed by atoms with Crippen molar-refractivity contribution in [2.24, 2.45) is 5.92 Å². The van der Waals surface area contributed by atoms with Gasteiger partial charge >= 0.3 is 0 Å². The quantitative estimate of drug-likeness (QED) is 0.830. The molecule has 0 saturated carbocycles. The maximum Gasteiger partial charge on any atom is 0.113 e. The lowest BCUT2D eigenvalue weighted by molar-refractivity contribution is -0.154. The van der Waals surface area contributed by atoms with Gasteiger partial charge in [-0.2, -0.15) is 0 Å². The molecule has 0 aromatic heterocycles. The van der Waals surface area contributed by atoms with Crippen molar-refractivity contribution in [3.05, 3.63) is 52.8 Å². The van der Waals surface area contributed by atoms with E-state index in [4.69, 9.17) is 21.1 Å². The minimum absolute atomic E-state index is 0.0612. The maximum atomic E-state index is 9.83. The van der Waals surface area contributed by atoms with E-state index in [2.05, 4.69) is 11.4 Å². The summed E-state index contributed by atoms with van der Waals surface area (Å²) in [6.45, 7) is 1.18. The zero-order chi connectivity index (χ0) is 15.1. The summed E-state index contributed by atoms with van der Waals surface area (Å²) < 4.78 is 12.0. The molecule has 116 valence electrons. The van der Waals surface area contributed by atoms with Gasteiger partial charge in [-0.05, 0) is 24.3 Å². The van der Waals surface area contributed by atoms with Crippen molar-refractivity contribution in [3.63, 3.8) is 0 Å². The highest BCUT2D eigenvalue weighted by molar-refractivity contribution is 6.30. The Morgan fingerprint density at radius 3 is 2.95 bits per heavy atom. The minimum Gasteiger partial charge on any atom is -0.512 e. The van der Waals surface area contributed by atoms with Crippen molar-refractivity contribution < 1.29 is 14.6 Å². The first-order valence-corrected chi connectivity index (χ1v) is 7.96. The summed E-state index contributed by atoms with van der Waals surface area (Å²) in [6, 6.07) is 5.87. The van der Waals surface area contributed by atoms with E-state index in [1.165, 1.54) is 0 Å². The molecule has 3 aliphatic rings. The van der Waals surface area contributed by atoms with Gasteiger partial charge in [-0.15, -0.1) is 0 Å². The van der Waals surface area contributed by atoms with E-state index in [0.29, 0.717) is 30.4 Å². The lowest BCUT2D eigenvalue weighted by Gasteiger charge is -2.45. The van der Waals surface area contributed by atoms with Gasteiger partial charge in [0.25, 0.3) is 0 Å². The first-order valence-electron chi connectivity index (χ1n) is 7.58. The Labute approximate surface area is 134 Å². The predicted molar refractivity (Wildman–Crippen MR) is 85.3 cm³/mol. The van der Waals surface area contributed by atoms with Gasteiger partial charge in [0.05, 0.1) is 25.0 Å². The first kappa shape index (κ1) is 14.1. The van der Waals surface area contributed by atoms with Crippen molar-refractivity contribution in [3.8, 4) is 0 Å². The molecular formula is C17H18ClNO3. The highest BCUT2D eigenvalue weighted by atomic mass is 35.5. The maximum absolute atomic E-state index is 9.83. The lowest BCUT2D eigenvalue weighted by Crippen LogP contribution is -2.51. The van der Waals surface area contributed by atoms with Gasteiger partial charge in [0.1, 0.15) is 12.2 Å². The predicted octanol–water partition coefficient (Wildman–Crippen LogP) is 3.61. The second-order valence-corrected chi connectivity index (χ2v) is 6.38. The Morgan fingerprint density at radius 1 is 1.23 bits per heavy atom. The number of ether oxygens (including phenoxy) is 2. The molecule has 1 aromatic rings. The number of aliphatic hydroxyl groups is 1. The minimum atomic E-state index is -0.116. The number of rotatable bonds is 1. The second-order valence-electron chi connectivity index (χ2n) is 5.94. The van der Waals surface area contributed by atoms with Crippen LogP contribution in [-0.2, 0) is 9.47 Å². The number of fused-ring (bicyclic) bond motifs is 3. The van der Waals surface area contributed by atoms with Crippen LogP contribution in [0.3, 0.4) is 0 Å². The summed E-state index contributed by atoms with van der Waals surface area (Å²) in [5, 5.41) is 14.1. The Bertz CT molecular complexity index is 643. The zero-order valence-corrected chi connectivity index (χ0v) is 12.8.